The molecular weight excluding hydrogens is 262 g/mol. The molecular formula is C17H25N3O. The molecule has 1 fully saturated rings. The largest absolute Gasteiger partial charge is 0.330 e. The monoisotopic (exact) mass is 287 g/mol. The first-order valence-corrected chi connectivity index (χ1v) is 8.14. The fraction of sp³-hybridized carbons (Fsp3) is 0.588. The number of para-hydroxylation sites is 1. The van der Waals surface area contributed by atoms with Crippen molar-refractivity contribution in [2.75, 3.05) is 18.4 Å². The molecule has 3 N–H and O–H groups in total. The van der Waals surface area contributed by atoms with E-state index in [4.69, 9.17) is 5.73 Å². The van der Waals surface area contributed by atoms with E-state index in [0.29, 0.717) is 6.04 Å². The van der Waals surface area contributed by atoms with Crippen molar-refractivity contribution in [1.82, 2.24) is 4.90 Å². The van der Waals surface area contributed by atoms with Gasteiger partial charge in [-0.15, -0.1) is 0 Å². The van der Waals surface area contributed by atoms with Crippen molar-refractivity contribution in [3.8, 4) is 0 Å². The van der Waals surface area contributed by atoms with Gasteiger partial charge in [0, 0.05) is 11.7 Å². The van der Waals surface area contributed by atoms with Gasteiger partial charge in [0.05, 0.1) is 6.04 Å². The maximum absolute atomic E-state index is 12.6. The zero-order chi connectivity index (χ0) is 14.7. The van der Waals surface area contributed by atoms with E-state index in [2.05, 4.69) is 16.3 Å². The minimum absolute atomic E-state index is 0.0164. The zero-order valence-electron chi connectivity index (χ0n) is 12.6. The van der Waals surface area contributed by atoms with Gasteiger partial charge in [0.15, 0.2) is 0 Å². The molecule has 1 saturated heterocycles. The Kier molecular flexibility index (Phi) is 4.56. The highest BCUT2D eigenvalue weighted by molar-refractivity contribution is 5.96. The fourth-order valence-corrected chi connectivity index (χ4v) is 3.75. The molecule has 2 atom stereocenters. The summed E-state index contributed by atoms with van der Waals surface area (Å²) in [6.07, 6.45) is 6.47. The van der Waals surface area contributed by atoms with Crippen LogP contribution in [0.15, 0.2) is 24.3 Å². The number of hydrogen-bond acceptors (Lipinski definition) is 3. The lowest BCUT2D eigenvalue weighted by molar-refractivity contribution is -0.121. The van der Waals surface area contributed by atoms with Crippen molar-refractivity contribution < 1.29 is 4.79 Å². The van der Waals surface area contributed by atoms with E-state index in [9.17, 15) is 4.79 Å². The van der Waals surface area contributed by atoms with Gasteiger partial charge in [0.2, 0.25) is 5.91 Å². The van der Waals surface area contributed by atoms with E-state index >= 15 is 0 Å². The van der Waals surface area contributed by atoms with Crippen LogP contribution in [-0.4, -0.2) is 36.0 Å². The molecule has 2 heterocycles. The second-order valence-electron chi connectivity index (χ2n) is 6.17. The number of amides is 1. The molecule has 21 heavy (non-hydrogen) atoms. The summed E-state index contributed by atoms with van der Waals surface area (Å²) in [6, 6.07) is 8.71. The van der Waals surface area contributed by atoms with E-state index < -0.39 is 0 Å². The third-order valence-corrected chi connectivity index (χ3v) is 4.83. The molecule has 0 bridgehead atoms. The summed E-state index contributed by atoms with van der Waals surface area (Å²) in [6.45, 7) is 1.79. The number of nitrogens with one attached hydrogen (secondary N) is 1. The highest BCUT2D eigenvalue weighted by Crippen LogP contribution is 2.29. The van der Waals surface area contributed by atoms with E-state index in [1.54, 1.807) is 0 Å². The van der Waals surface area contributed by atoms with Gasteiger partial charge in [-0.3, -0.25) is 9.69 Å². The average molecular weight is 287 g/mol. The SMILES string of the molecule is NCCCC1CCCN1C1CCc2ccccc2NC1=O. The summed E-state index contributed by atoms with van der Waals surface area (Å²) in [4.78, 5) is 15.0. The molecule has 114 valence electrons. The number of fused-ring (bicyclic) bond motifs is 1. The number of nitrogens with two attached hydrogens (primary N) is 1. The normalized spacial score (nSPS) is 26.2. The van der Waals surface area contributed by atoms with Crippen LogP contribution < -0.4 is 11.1 Å². The van der Waals surface area contributed by atoms with Crippen molar-refractivity contribution in [2.45, 2.75) is 50.6 Å². The van der Waals surface area contributed by atoms with Gasteiger partial charge in [-0.25, -0.2) is 0 Å². The number of nitrogens with zero attached hydrogens (tertiary/aromatic N) is 1. The summed E-state index contributed by atoms with van der Waals surface area (Å²) in [5.41, 5.74) is 7.89. The van der Waals surface area contributed by atoms with Crippen molar-refractivity contribution >= 4 is 11.6 Å². The second-order valence-corrected chi connectivity index (χ2v) is 6.17. The number of aryl methyl sites for hydroxylation is 1. The van der Waals surface area contributed by atoms with Crippen molar-refractivity contribution in [1.29, 1.82) is 0 Å². The minimum atomic E-state index is 0.0164. The average Bonchev–Trinajstić information content (AvgIpc) is 2.88. The van der Waals surface area contributed by atoms with Gasteiger partial charge in [0.25, 0.3) is 0 Å². The third kappa shape index (κ3) is 3.11. The quantitative estimate of drug-likeness (QED) is 0.892. The molecule has 4 nitrogen and oxygen atoms in total. The Bertz CT molecular complexity index is 503. The summed E-state index contributed by atoms with van der Waals surface area (Å²) in [7, 11) is 0. The summed E-state index contributed by atoms with van der Waals surface area (Å²) < 4.78 is 0. The number of carbonyl (C=O) groups is 1. The number of benzene rings is 1. The highest BCUT2D eigenvalue weighted by Gasteiger charge is 2.35. The molecule has 2 unspecified atom stereocenters. The highest BCUT2D eigenvalue weighted by atomic mass is 16.2. The second kappa shape index (κ2) is 6.58. The Morgan fingerprint density at radius 1 is 1.29 bits per heavy atom. The van der Waals surface area contributed by atoms with E-state index in [1.165, 1.54) is 18.4 Å². The number of anilines is 1. The number of rotatable bonds is 4. The van der Waals surface area contributed by atoms with Crippen molar-refractivity contribution in [3.63, 3.8) is 0 Å². The van der Waals surface area contributed by atoms with Gasteiger partial charge in [-0.1, -0.05) is 18.2 Å². The summed E-state index contributed by atoms with van der Waals surface area (Å²) in [5, 5.41) is 3.12. The Morgan fingerprint density at radius 2 is 2.14 bits per heavy atom. The van der Waals surface area contributed by atoms with Crippen LogP contribution in [0.5, 0.6) is 0 Å². The molecule has 0 saturated carbocycles. The molecule has 0 aromatic heterocycles. The molecule has 1 amide bonds. The molecule has 0 aliphatic carbocycles. The molecule has 3 rings (SSSR count). The molecule has 2 aliphatic rings. The first-order chi connectivity index (χ1) is 10.3. The number of hydrogen-bond donors (Lipinski definition) is 2. The van der Waals surface area contributed by atoms with Gasteiger partial charge in [0.1, 0.15) is 0 Å². The lowest BCUT2D eigenvalue weighted by atomic mass is 10.0. The fourth-order valence-electron chi connectivity index (χ4n) is 3.75. The van der Waals surface area contributed by atoms with Crippen LogP contribution in [0.2, 0.25) is 0 Å². The smallest absolute Gasteiger partial charge is 0.241 e. The van der Waals surface area contributed by atoms with Crippen LogP contribution in [0.25, 0.3) is 0 Å². The summed E-state index contributed by atoms with van der Waals surface area (Å²) in [5.74, 6) is 0.166. The maximum atomic E-state index is 12.6. The van der Waals surface area contributed by atoms with Crippen LogP contribution in [0.1, 0.15) is 37.7 Å². The maximum Gasteiger partial charge on any atom is 0.241 e. The van der Waals surface area contributed by atoms with Gasteiger partial charge in [-0.05, 0) is 63.2 Å². The van der Waals surface area contributed by atoms with E-state index in [1.807, 2.05) is 18.2 Å². The Balaban J connectivity index is 1.73. The lowest BCUT2D eigenvalue weighted by Crippen LogP contribution is -2.46. The first kappa shape index (κ1) is 14.5. The van der Waals surface area contributed by atoms with Crippen LogP contribution >= 0.6 is 0 Å². The Labute approximate surface area is 126 Å². The first-order valence-electron chi connectivity index (χ1n) is 8.14. The van der Waals surface area contributed by atoms with Crippen LogP contribution in [-0.2, 0) is 11.2 Å². The Morgan fingerprint density at radius 3 is 3.00 bits per heavy atom. The van der Waals surface area contributed by atoms with Crippen LogP contribution in [0.3, 0.4) is 0 Å². The predicted octanol–water partition coefficient (Wildman–Crippen LogP) is 2.14. The predicted molar refractivity (Wildman–Crippen MR) is 85.2 cm³/mol. The van der Waals surface area contributed by atoms with Gasteiger partial charge < -0.3 is 11.1 Å². The van der Waals surface area contributed by atoms with E-state index in [0.717, 1.165) is 44.5 Å². The van der Waals surface area contributed by atoms with Crippen LogP contribution in [0, 0.1) is 0 Å². The number of likely N-dealkylation sites (tertiary alicyclic amines) is 1. The molecule has 1 aromatic rings. The minimum Gasteiger partial charge on any atom is -0.330 e. The van der Waals surface area contributed by atoms with Gasteiger partial charge >= 0.3 is 0 Å². The Hall–Kier alpha value is -1.39. The van der Waals surface area contributed by atoms with Crippen LogP contribution in [0.4, 0.5) is 5.69 Å². The molecule has 0 radical (unpaired) electrons. The zero-order valence-corrected chi connectivity index (χ0v) is 12.6. The standard InChI is InChI=1S/C17H25N3O/c18-11-3-6-14-7-4-12-20(14)16-10-9-13-5-1-2-8-15(13)19-17(16)21/h1-2,5,8,14,16H,3-4,6-7,9-12,18H2,(H,19,21). The summed E-state index contributed by atoms with van der Waals surface area (Å²) >= 11 is 0. The lowest BCUT2D eigenvalue weighted by Gasteiger charge is -2.31. The van der Waals surface area contributed by atoms with E-state index in [-0.39, 0.29) is 11.9 Å². The number of carbonyl (C=O) groups excluding carboxylic acids is 1. The topological polar surface area (TPSA) is 58.4 Å². The molecule has 0 spiro atoms. The molecule has 2 aliphatic heterocycles. The molecule has 1 aromatic carbocycles. The van der Waals surface area contributed by atoms with Gasteiger partial charge in [-0.2, -0.15) is 0 Å². The third-order valence-electron chi connectivity index (χ3n) is 4.83. The van der Waals surface area contributed by atoms with Crippen molar-refractivity contribution in [2.24, 2.45) is 5.73 Å². The molecule has 4 heteroatoms. The van der Waals surface area contributed by atoms with Crippen molar-refractivity contribution in [3.05, 3.63) is 29.8 Å².